The van der Waals surface area contributed by atoms with Gasteiger partial charge in [0, 0.05) is 23.4 Å². The van der Waals surface area contributed by atoms with Crippen LogP contribution in [0.1, 0.15) is 11.1 Å². The lowest BCUT2D eigenvalue weighted by molar-refractivity contribution is 0.405. The van der Waals surface area contributed by atoms with Gasteiger partial charge in [-0.3, -0.25) is 0 Å². The number of benzene rings is 2. The van der Waals surface area contributed by atoms with Gasteiger partial charge >= 0.3 is 0 Å². The van der Waals surface area contributed by atoms with Crippen LogP contribution in [-0.2, 0) is 0 Å². The molecule has 148 valence electrons. The highest BCUT2D eigenvalue weighted by Crippen LogP contribution is 2.38. The van der Waals surface area contributed by atoms with E-state index in [1.54, 1.807) is 48.5 Å². The highest BCUT2D eigenvalue weighted by Gasteiger charge is 2.14. The summed E-state index contributed by atoms with van der Waals surface area (Å²) in [6.07, 6.45) is 0. The molecule has 0 bridgehead atoms. The van der Waals surface area contributed by atoms with E-state index < -0.39 is 0 Å². The fraction of sp³-hybridized carbons (Fsp3) is 0.0455. The molecule has 0 aliphatic rings. The molecule has 0 saturated heterocycles. The highest BCUT2D eigenvalue weighted by atomic mass is 79.9. The first kappa shape index (κ1) is 20.7. The van der Waals surface area contributed by atoms with Crippen LogP contribution < -0.4 is 20.5 Å². The number of nitrogen functional groups attached to an aromatic ring is 1. The van der Waals surface area contributed by atoms with Gasteiger partial charge in [-0.2, -0.15) is 15.5 Å². The van der Waals surface area contributed by atoms with E-state index in [9.17, 15) is 0 Å². The normalized spacial score (nSPS) is 9.87. The second-order valence-corrected chi connectivity index (χ2v) is 6.93. The summed E-state index contributed by atoms with van der Waals surface area (Å²) >= 11 is 3.44. The van der Waals surface area contributed by atoms with Gasteiger partial charge in [0.2, 0.25) is 5.88 Å². The molecule has 8 heteroatoms. The van der Waals surface area contributed by atoms with E-state index in [0.29, 0.717) is 44.5 Å². The molecule has 0 saturated carbocycles. The van der Waals surface area contributed by atoms with Gasteiger partial charge in [0.25, 0.3) is 0 Å². The smallest absolute Gasteiger partial charge is 0.221 e. The van der Waals surface area contributed by atoms with E-state index in [4.69, 9.17) is 25.7 Å². The highest BCUT2D eigenvalue weighted by molar-refractivity contribution is 9.10. The first-order valence-electron chi connectivity index (χ1n) is 8.63. The average molecular weight is 462 g/mol. The Kier molecular flexibility index (Phi) is 6.21. The third-order valence-electron chi connectivity index (χ3n) is 4.11. The van der Waals surface area contributed by atoms with Crippen molar-refractivity contribution in [1.82, 2.24) is 4.98 Å². The lowest BCUT2D eigenvalue weighted by Crippen LogP contribution is -2.01. The van der Waals surface area contributed by atoms with Crippen molar-refractivity contribution in [2.45, 2.75) is 0 Å². The molecule has 0 fully saturated rings. The first-order valence-corrected chi connectivity index (χ1v) is 9.43. The van der Waals surface area contributed by atoms with E-state index in [-0.39, 0.29) is 5.57 Å². The largest absolute Gasteiger partial charge is 0.496 e. The number of allylic oxidation sites excluding steroid dienone is 1. The molecule has 2 aromatic carbocycles. The Morgan fingerprint density at radius 2 is 1.87 bits per heavy atom. The van der Waals surface area contributed by atoms with Crippen LogP contribution in [0, 0.1) is 22.7 Å². The summed E-state index contributed by atoms with van der Waals surface area (Å²) in [4.78, 5) is 4.42. The maximum atomic E-state index is 9.11. The summed E-state index contributed by atoms with van der Waals surface area (Å²) < 4.78 is 11.9. The Labute approximate surface area is 182 Å². The van der Waals surface area contributed by atoms with Crippen LogP contribution in [0.15, 0.2) is 59.6 Å². The molecule has 3 rings (SSSR count). The second-order valence-electron chi connectivity index (χ2n) is 6.08. The first-order chi connectivity index (χ1) is 14.4. The van der Waals surface area contributed by atoms with Crippen molar-refractivity contribution in [3.05, 3.63) is 70.7 Å². The zero-order valence-corrected chi connectivity index (χ0v) is 17.5. The molecule has 7 nitrogen and oxygen atoms in total. The van der Waals surface area contributed by atoms with Gasteiger partial charge in [0.1, 0.15) is 11.5 Å². The summed E-state index contributed by atoms with van der Waals surface area (Å²) in [7, 11) is 1.50. The molecule has 0 radical (unpaired) electrons. The Morgan fingerprint density at radius 3 is 2.50 bits per heavy atom. The van der Waals surface area contributed by atoms with E-state index in [1.165, 1.54) is 7.11 Å². The number of nitrogens with one attached hydrogen (secondary N) is 1. The van der Waals surface area contributed by atoms with Crippen molar-refractivity contribution < 1.29 is 9.47 Å². The summed E-state index contributed by atoms with van der Waals surface area (Å²) in [6, 6.07) is 17.6. The van der Waals surface area contributed by atoms with Crippen LogP contribution in [0.4, 0.5) is 17.2 Å². The number of rotatable bonds is 6. The maximum absolute atomic E-state index is 9.11. The van der Waals surface area contributed by atoms with Crippen LogP contribution in [0.2, 0.25) is 0 Å². The van der Waals surface area contributed by atoms with E-state index in [1.807, 2.05) is 6.07 Å². The number of methoxy groups -OCH3 is 1. The van der Waals surface area contributed by atoms with Gasteiger partial charge in [0.15, 0.2) is 5.82 Å². The fourth-order valence-corrected chi connectivity index (χ4v) is 2.99. The molecule has 30 heavy (non-hydrogen) atoms. The zero-order chi connectivity index (χ0) is 21.7. The lowest BCUT2D eigenvalue weighted by Gasteiger charge is -2.14. The predicted octanol–water partition coefficient (Wildman–Crippen LogP) is 5.38. The number of hydrogen-bond acceptors (Lipinski definition) is 7. The molecular weight excluding hydrogens is 446 g/mol. The number of nitriles is 2. The summed E-state index contributed by atoms with van der Waals surface area (Å²) in [5, 5.41) is 21.1. The third-order valence-corrected chi connectivity index (χ3v) is 4.73. The Balaban J connectivity index is 1.89. The van der Waals surface area contributed by atoms with Gasteiger partial charge in [-0.15, -0.1) is 0 Å². The SMILES string of the molecule is C=C(C#N)c1cc(Br)c(Oc2ccc(N)c(Nc3ccc(C#N)cc3)n2)cc1OC. The monoisotopic (exact) mass is 461 g/mol. The predicted molar refractivity (Wildman–Crippen MR) is 119 cm³/mol. The van der Waals surface area contributed by atoms with Crippen molar-refractivity contribution in [1.29, 1.82) is 10.5 Å². The van der Waals surface area contributed by atoms with Crippen LogP contribution in [0.3, 0.4) is 0 Å². The van der Waals surface area contributed by atoms with Crippen molar-refractivity contribution in [2.24, 2.45) is 0 Å². The molecule has 1 heterocycles. The van der Waals surface area contributed by atoms with Gasteiger partial charge in [0.05, 0.1) is 40.5 Å². The molecular formula is C22H16BrN5O2. The molecule has 0 unspecified atom stereocenters. The fourth-order valence-electron chi connectivity index (χ4n) is 2.56. The van der Waals surface area contributed by atoms with E-state index in [2.05, 4.69) is 38.9 Å². The summed E-state index contributed by atoms with van der Waals surface area (Å²) in [6.45, 7) is 3.72. The number of nitrogens with two attached hydrogens (primary N) is 1. The lowest BCUT2D eigenvalue weighted by atomic mass is 10.1. The van der Waals surface area contributed by atoms with Gasteiger partial charge < -0.3 is 20.5 Å². The van der Waals surface area contributed by atoms with Crippen molar-refractivity contribution in [2.75, 3.05) is 18.2 Å². The number of hydrogen-bond donors (Lipinski definition) is 2. The second kappa shape index (κ2) is 8.99. The standard InChI is InChI=1S/C22H16BrN5O2/c1-13(11-24)16-9-17(23)20(10-19(16)29-2)30-21-8-7-18(26)22(28-21)27-15-5-3-14(12-25)4-6-15/h3-10H,1,26H2,2H3,(H,27,28). The molecule has 1 aromatic heterocycles. The number of halogens is 1. The Morgan fingerprint density at radius 1 is 1.13 bits per heavy atom. The summed E-state index contributed by atoms with van der Waals surface area (Å²) in [5.41, 5.74) is 8.59. The van der Waals surface area contributed by atoms with Crippen molar-refractivity contribution in [3.8, 4) is 29.5 Å². The zero-order valence-electron chi connectivity index (χ0n) is 15.9. The van der Waals surface area contributed by atoms with Crippen LogP contribution in [0.25, 0.3) is 5.57 Å². The quantitative estimate of drug-likeness (QED) is 0.473. The van der Waals surface area contributed by atoms with Crippen LogP contribution in [-0.4, -0.2) is 12.1 Å². The molecule has 0 aliphatic carbocycles. The number of aromatic nitrogens is 1. The van der Waals surface area contributed by atoms with E-state index >= 15 is 0 Å². The molecule has 0 atom stereocenters. The van der Waals surface area contributed by atoms with Crippen molar-refractivity contribution in [3.63, 3.8) is 0 Å². The molecule has 0 amide bonds. The van der Waals surface area contributed by atoms with Gasteiger partial charge in [-0.25, -0.2) is 0 Å². The molecule has 0 aliphatic heterocycles. The third kappa shape index (κ3) is 4.52. The molecule has 0 spiro atoms. The summed E-state index contributed by atoms with van der Waals surface area (Å²) in [5.74, 6) is 1.61. The van der Waals surface area contributed by atoms with E-state index in [0.717, 1.165) is 5.69 Å². The minimum atomic E-state index is 0.276. The van der Waals surface area contributed by atoms with Crippen LogP contribution >= 0.6 is 15.9 Å². The number of nitrogens with zero attached hydrogens (tertiary/aromatic N) is 3. The minimum absolute atomic E-state index is 0.276. The van der Waals surface area contributed by atoms with Gasteiger partial charge in [-0.05, 0) is 52.3 Å². The Bertz CT molecular complexity index is 1190. The number of pyridine rings is 1. The number of anilines is 3. The Hall–Kier alpha value is -4.01. The maximum Gasteiger partial charge on any atom is 0.221 e. The topological polar surface area (TPSA) is 117 Å². The van der Waals surface area contributed by atoms with Crippen LogP contribution in [0.5, 0.6) is 17.4 Å². The van der Waals surface area contributed by atoms with Crippen molar-refractivity contribution >= 4 is 38.7 Å². The average Bonchev–Trinajstić information content (AvgIpc) is 2.77. The number of ether oxygens (including phenoxy) is 2. The molecule has 3 N–H and O–H groups in total. The molecule has 3 aromatic rings. The van der Waals surface area contributed by atoms with Gasteiger partial charge in [-0.1, -0.05) is 6.58 Å². The minimum Gasteiger partial charge on any atom is -0.496 e.